The predicted molar refractivity (Wildman–Crippen MR) is 288 cm³/mol. The minimum absolute atomic E-state index is 0.0248. The number of carbonyl (C=O) groups excluding carboxylic acids is 7. The normalized spacial score (nSPS) is 17.5. The number of fused-ring (bicyclic) bond motifs is 5. The lowest BCUT2D eigenvalue weighted by atomic mass is 9.71. The number of anilines is 1. The topological polar surface area (TPSA) is 304 Å². The lowest BCUT2D eigenvalue weighted by Gasteiger charge is -2.39. The Morgan fingerprint density at radius 3 is 2.46 bits per heavy atom. The molecule has 5 heterocycles. The van der Waals surface area contributed by atoms with Crippen LogP contribution in [0, 0.1) is 11.3 Å². The first kappa shape index (κ1) is 57.1. The zero-order valence-electron chi connectivity index (χ0n) is 43.0. The summed E-state index contributed by atoms with van der Waals surface area (Å²) in [5, 5.41) is 35.7. The Hall–Kier alpha value is -6.62. The van der Waals surface area contributed by atoms with E-state index in [1.54, 1.807) is 31.4 Å². The van der Waals surface area contributed by atoms with Gasteiger partial charge in [0.25, 0.3) is 5.56 Å². The highest BCUT2D eigenvalue weighted by molar-refractivity contribution is 9.10. The van der Waals surface area contributed by atoms with E-state index >= 15 is 0 Å². The first-order valence-corrected chi connectivity index (χ1v) is 27.4. The number of ether oxygens (including phenoxy) is 2. The summed E-state index contributed by atoms with van der Waals surface area (Å²) in [6.45, 7) is 5.54. The number of aromatic nitrogens is 3. The van der Waals surface area contributed by atoms with E-state index in [4.69, 9.17) is 20.2 Å². The van der Waals surface area contributed by atoms with Crippen molar-refractivity contribution in [3.8, 4) is 23.1 Å². The molecular formula is C53H68BrN9O12S. The lowest BCUT2D eigenvalue weighted by Crippen LogP contribution is -2.56. The minimum atomic E-state index is -1.93. The Labute approximate surface area is 453 Å². The average Bonchev–Trinajstić information content (AvgIpc) is 3.88. The Balaban J connectivity index is 1.00. The summed E-state index contributed by atoms with van der Waals surface area (Å²) in [5.41, 5.74) is 5.45. The highest BCUT2D eigenvalue weighted by Gasteiger charge is 2.51. The highest BCUT2D eigenvalue weighted by atomic mass is 79.9. The maximum absolute atomic E-state index is 14.4. The van der Waals surface area contributed by atoms with Gasteiger partial charge in [0.2, 0.25) is 29.2 Å². The number of aldehydes is 1. The zero-order valence-corrected chi connectivity index (χ0v) is 45.5. The maximum Gasteiger partial charge on any atom is 0.355 e. The molecule has 9 N–H and O–H groups in total. The molecule has 1 aliphatic carbocycles. The Bertz CT molecular complexity index is 2920. The third-order valence-electron chi connectivity index (χ3n) is 14.7. The molecule has 1 aromatic carbocycles. The third kappa shape index (κ3) is 12.8. The van der Waals surface area contributed by atoms with E-state index in [1.807, 2.05) is 24.3 Å². The Kier molecular flexibility index (Phi) is 18.8. The monoisotopic (exact) mass is 1130 g/mol. The largest absolute Gasteiger partial charge is 0.494 e. The van der Waals surface area contributed by atoms with Gasteiger partial charge in [0, 0.05) is 58.9 Å². The van der Waals surface area contributed by atoms with Gasteiger partial charge in [-0.25, -0.2) is 14.6 Å². The smallest absolute Gasteiger partial charge is 0.355 e. The third-order valence-corrected chi connectivity index (χ3v) is 15.8. The molecule has 0 saturated heterocycles. The van der Waals surface area contributed by atoms with Gasteiger partial charge in [-0.15, -0.1) is 0 Å². The molecule has 7 rings (SSSR count). The number of hydrogen-bond acceptors (Lipinski definition) is 15. The molecule has 1 saturated carbocycles. The summed E-state index contributed by atoms with van der Waals surface area (Å²) < 4.78 is 15.6. The predicted octanol–water partition coefficient (Wildman–Crippen LogP) is 5.31. The van der Waals surface area contributed by atoms with Crippen molar-refractivity contribution < 1.29 is 53.2 Å². The second-order valence-electron chi connectivity index (χ2n) is 20.4. The second kappa shape index (κ2) is 25.0. The number of primary amides is 1. The fourth-order valence-corrected chi connectivity index (χ4v) is 11.2. The number of hydrogen-bond donors (Lipinski definition) is 9. The first-order valence-electron chi connectivity index (χ1n) is 25.9. The van der Waals surface area contributed by atoms with Crippen molar-refractivity contribution in [2.75, 3.05) is 24.2 Å². The van der Waals surface area contributed by atoms with Crippen molar-refractivity contribution in [2.24, 2.45) is 17.1 Å². The number of esters is 2. The number of benzene rings is 1. The summed E-state index contributed by atoms with van der Waals surface area (Å²) in [6.07, 6.45) is 5.78. The van der Waals surface area contributed by atoms with Gasteiger partial charge in [0.05, 0.1) is 41.5 Å². The van der Waals surface area contributed by atoms with Gasteiger partial charge < -0.3 is 61.4 Å². The number of cyclic esters (lactones) is 1. The van der Waals surface area contributed by atoms with Crippen LogP contribution in [-0.2, 0) is 63.5 Å². The highest BCUT2D eigenvalue weighted by Crippen LogP contribution is 2.44. The van der Waals surface area contributed by atoms with Crippen molar-refractivity contribution >= 4 is 87.1 Å². The van der Waals surface area contributed by atoms with E-state index in [1.165, 1.54) is 10.6 Å². The van der Waals surface area contributed by atoms with Crippen molar-refractivity contribution in [1.29, 1.82) is 0 Å². The van der Waals surface area contributed by atoms with Crippen LogP contribution in [0.15, 0.2) is 45.7 Å². The maximum atomic E-state index is 14.4. The number of urea groups is 1. The van der Waals surface area contributed by atoms with Gasteiger partial charge in [-0.3, -0.25) is 28.5 Å². The molecule has 21 nitrogen and oxygen atoms in total. The number of unbranched alkanes of at least 4 members (excludes halogenated alkanes) is 2. The zero-order chi connectivity index (χ0) is 54.9. The summed E-state index contributed by atoms with van der Waals surface area (Å²) >= 11 is 7.69. The summed E-state index contributed by atoms with van der Waals surface area (Å²) in [4.78, 5) is 112. The average molecular weight is 1140 g/mol. The molecule has 5 amide bonds. The van der Waals surface area contributed by atoms with Crippen molar-refractivity contribution in [3.63, 3.8) is 0 Å². The van der Waals surface area contributed by atoms with Crippen LogP contribution in [0.2, 0.25) is 0 Å². The van der Waals surface area contributed by atoms with E-state index in [0.29, 0.717) is 55.3 Å². The molecule has 76 heavy (non-hydrogen) atoms. The van der Waals surface area contributed by atoms with Gasteiger partial charge in [-0.05, 0) is 80.5 Å². The second-order valence-corrected chi connectivity index (χ2v) is 21.6. The standard InChI is InChI=1S/C53H68BrN9O12S/c1-4-53(35-22-40-45-31(21-33-36(54)13-11-14-37(33)59-45)25-63(40)48(70)34(35)27-74-50(53)72)75-43(67)24-52(17-8-6-9-18-52)29-57-46(68)38(15-12-19-56-51(55)73)60-47(69)44(30(2)3)61-41(65)16-7-5-10-20-62-42(66)23-39(49(62)71)58-32(26-64)28-76/h11,13-14,21-23,26,30,32,38,44,58,66,71,76H,4-10,12,15-20,24-25,27-29H2,1-3H3,(H,57,68)(H,60,69)(H,61,65)(H3,55,56,73)/t32-,38-,44+,53+/m1/s1. The minimum Gasteiger partial charge on any atom is -0.494 e. The summed E-state index contributed by atoms with van der Waals surface area (Å²) in [5.74, 6) is -3.69. The van der Waals surface area contributed by atoms with Crippen LogP contribution in [0.25, 0.3) is 22.3 Å². The molecular weight excluding hydrogens is 1070 g/mol. The van der Waals surface area contributed by atoms with Crippen LogP contribution >= 0.6 is 28.6 Å². The molecule has 3 aliphatic rings. The summed E-state index contributed by atoms with van der Waals surface area (Å²) in [6, 6.07) is 7.12. The quantitative estimate of drug-likeness (QED) is 0.0155. The number of pyridine rings is 2. The van der Waals surface area contributed by atoms with Crippen LogP contribution in [0.4, 0.5) is 10.5 Å². The van der Waals surface area contributed by atoms with Crippen LogP contribution in [0.1, 0.15) is 121 Å². The Morgan fingerprint density at radius 2 is 1.76 bits per heavy atom. The van der Waals surface area contributed by atoms with Crippen LogP contribution < -0.4 is 37.9 Å². The molecule has 0 bridgehead atoms. The molecule has 0 unspecified atom stereocenters. The van der Waals surface area contributed by atoms with Gasteiger partial charge >= 0.3 is 18.0 Å². The van der Waals surface area contributed by atoms with E-state index in [2.05, 4.69) is 55.1 Å². The van der Waals surface area contributed by atoms with Gasteiger partial charge in [-0.1, -0.05) is 68.5 Å². The van der Waals surface area contributed by atoms with Gasteiger partial charge in [0.15, 0.2) is 5.88 Å². The number of carbonyl (C=O) groups is 7. The Morgan fingerprint density at radius 1 is 1.00 bits per heavy atom. The molecule has 4 atom stereocenters. The molecule has 23 heteroatoms. The molecule has 1 fully saturated rings. The molecule has 4 aromatic rings. The van der Waals surface area contributed by atoms with Gasteiger partial charge in [0.1, 0.15) is 30.7 Å². The van der Waals surface area contributed by atoms with Crippen molar-refractivity contribution in [1.82, 2.24) is 35.4 Å². The number of amides is 5. The van der Waals surface area contributed by atoms with E-state index in [9.17, 15) is 48.6 Å². The van der Waals surface area contributed by atoms with Gasteiger partial charge in [-0.2, -0.15) is 12.6 Å². The van der Waals surface area contributed by atoms with Crippen molar-refractivity contribution in [3.05, 3.63) is 67.9 Å². The van der Waals surface area contributed by atoms with Crippen LogP contribution in [0.3, 0.4) is 0 Å². The lowest BCUT2D eigenvalue weighted by molar-refractivity contribution is -0.191. The molecule has 2 aliphatic heterocycles. The van der Waals surface area contributed by atoms with Crippen LogP contribution in [-0.4, -0.2) is 103 Å². The SMILES string of the molecule is CC[C@@]1(OC(=O)CC2(CNC(=O)[C@@H](CCCNC(N)=O)NC(=O)[C@@H](NC(=O)CCCCCn3c(O)cc(N[C@H](C=O)CS)c3O)C(C)C)CCCCC2)C(=O)OCc2c1cc1n(c2=O)Cc2cc3c(Br)cccc3nc2-1. The fraction of sp³-hybridized carbons (Fsp3) is 0.528. The number of thiol groups is 1. The molecule has 3 aromatic heterocycles. The number of nitrogens with one attached hydrogen (secondary N) is 5. The molecule has 0 spiro atoms. The van der Waals surface area contributed by atoms with Crippen LogP contribution in [0.5, 0.6) is 11.8 Å². The number of nitrogens with two attached hydrogens (primary N) is 1. The van der Waals surface area contributed by atoms with E-state index in [-0.39, 0.29) is 111 Å². The summed E-state index contributed by atoms with van der Waals surface area (Å²) in [7, 11) is 0. The number of aromatic hydroxyl groups is 2. The number of rotatable bonds is 25. The number of halogens is 1. The fourth-order valence-electron chi connectivity index (χ4n) is 10.5. The first-order chi connectivity index (χ1) is 36.3. The molecule has 0 radical (unpaired) electrons. The van der Waals surface area contributed by atoms with E-state index in [0.717, 1.165) is 34.7 Å². The number of nitrogens with zero attached hydrogens (tertiary/aromatic N) is 3. The van der Waals surface area contributed by atoms with E-state index < -0.39 is 64.8 Å². The molecule has 410 valence electrons. The van der Waals surface area contributed by atoms with Crippen molar-refractivity contribution in [2.45, 2.75) is 148 Å².